The van der Waals surface area contributed by atoms with Gasteiger partial charge in [-0.2, -0.15) is 0 Å². The molecule has 0 spiro atoms. The van der Waals surface area contributed by atoms with Gasteiger partial charge in [-0.25, -0.2) is 0 Å². The van der Waals surface area contributed by atoms with Crippen LogP contribution in [0.15, 0.2) is 188 Å². The van der Waals surface area contributed by atoms with Crippen LogP contribution in [-0.2, 0) is 0 Å². The summed E-state index contributed by atoms with van der Waals surface area (Å²) in [6, 6.07) is 69.2. The molecule has 0 bridgehead atoms. The topological polar surface area (TPSA) is 8.17 Å². The van der Waals surface area contributed by atoms with Crippen molar-refractivity contribution in [2.24, 2.45) is 0 Å². The summed E-state index contributed by atoms with van der Waals surface area (Å²) in [5.74, 6) is 0. The van der Waals surface area contributed by atoms with Gasteiger partial charge in [-0.1, -0.05) is 151 Å². The van der Waals surface area contributed by atoms with Crippen LogP contribution in [-0.4, -0.2) is 11.3 Å². The molecule has 11 rings (SSSR count). The molecule has 1 aromatic heterocycles. The first-order valence-corrected chi connectivity index (χ1v) is 17.7. The highest BCUT2D eigenvalue weighted by molar-refractivity contribution is 7.01. The molecule has 0 saturated carbocycles. The van der Waals surface area contributed by atoms with Crippen LogP contribution >= 0.6 is 0 Å². The van der Waals surface area contributed by atoms with Gasteiger partial charge in [-0.05, 0) is 86.8 Å². The Kier molecular flexibility index (Phi) is 6.08. The fourth-order valence-electron chi connectivity index (χ4n) is 8.79. The summed E-state index contributed by atoms with van der Waals surface area (Å²) >= 11 is 0. The second kappa shape index (κ2) is 11.0. The van der Waals surface area contributed by atoms with Gasteiger partial charge >= 0.3 is 0 Å². The van der Waals surface area contributed by atoms with E-state index in [4.69, 9.17) is 0 Å². The average Bonchev–Trinajstić information content (AvgIpc) is 3.72. The van der Waals surface area contributed by atoms with Gasteiger partial charge in [0.25, 0.3) is 0 Å². The van der Waals surface area contributed by atoms with Crippen molar-refractivity contribution in [1.82, 2.24) is 4.57 Å². The third-order valence-corrected chi connectivity index (χ3v) is 11.0. The van der Waals surface area contributed by atoms with E-state index in [9.17, 15) is 0 Å². The van der Waals surface area contributed by atoms with Crippen LogP contribution in [0.1, 0.15) is 0 Å². The molecule has 0 saturated heterocycles. The fraction of sp³-hybridized carbons (Fsp3) is 0. The van der Waals surface area contributed by atoms with Gasteiger partial charge in [0.1, 0.15) is 0 Å². The van der Waals surface area contributed by atoms with Crippen molar-refractivity contribution in [3.63, 3.8) is 0 Å². The van der Waals surface area contributed by atoms with Crippen LogP contribution in [0, 0.1) is 0 Å². The number of aromatic nitrogens is 1. The number of fused-ring (bicyclic) bond motifs is 8. The number of benzene rings is 8. The highest BCUT2D eigenvalue weighted by Gasteiger charge is 2.43. The van der Waals surface area contributed by atoms with Crippen LogP contribution in [0.5, 0.6) is 0 Å². The standard InChI is InChI=1S/C48H31BN2/c1-3-14-32(15-4-1)34-18-13-19-36(28-34)50-46-29-35(33-16-5-2-6-17-33)26-27-43(46)49-42-23-10-7-20-38(42)41-30-37(31-47(50)48(41)49)51-44-24-11-8-21-39(44)40-22-9-12-25-45(40)51/h1-31H. The molecule has 0 unspecified atom stereocenters. The lowest BCUT2D eigenvalue weighted by Gasteiger charge is -2.37. The smallest absolute Gasteiger partial charge is 0.248 e. The summed E-state index contributed by atoms with van der Waals surface area (Å²) in [7, 11) is 0. The number of anilines is 3. The van der Waals surface area contributed by atoms with E-state index in [0.29, 0.717) is 0 Å². The van der Waals surface area contributed by atoms with Crippen LogP contribution in [0.25, 0.3) is 60.9 Å². The SMILES string of the molecule is c1ccc(-c2cccc(N3c4cc(-c5ccccc5)ccc4B4c5ccccc5-c5cc(-n6c7ccccc7c7ccccc76)cc3c54)c2)cc1. The van der Waals surface area contributed by atoms with Crippen molar-refractivity contribution in [2.75, 3.05) is 4.90 Å². The Bertz CT molecular complexity index is 2760. The van der Waals surface area contributed by atoms with E-state index in [2.05, 4.69) is 198 Å². The van der Waals surface area contributed by atoms with Gasteiger partial charge in [0.2, 0.25) is 6.71 Å². The molecule has 3 heterocycles. The predicted molar refractivity (Wildman–Crippen MR) is 216 cm³/mol. The quantitative estimate of drug-likeness (QED) is 0.173. The van der Waals surface area contributed by atoms with Gasteiger partial charge in [-0.15, -0.1) is 0 Å². The number of rotatable bonds is 4. The molecule has 3 heteroatoms. The molecule has 2 aliphatic rings. The van der Waals surface area contributed by atoms with Gasteiger partial charge in [-0.3, -0.25) is 0 Å². The monoisotopic (exact) mass is 646 g/mol. The lowest BCUT2D eigenvalue weighted by Crippen LogP contribution is -2.54. The van der Waals surface area contributed by atoms with Crippen molar-refractivity contribution in [3.05, 3.63) is 188 Å². The summed E-state index contributed by atoms with van der Waals surface area (Å²) in [6.45, 7) is 0.145. The molecule has 0 atom stereocenters. The Balaban J connectivity index is 1.24. The number of hydrogen-bond acceptors (Lipinski definition) is 1. The number of hydrogen-bond donors (Lipinski definition) is 0. The zero-order valence-corrected chi connectivity index (χ0v) is 27.9. The molecule has 0 amide bonds. The molecule has 0 radical (unpaired) electrons. The Morgan fingerprint density at radius 1 is 0.353 bits per heavy atom. The average molecular weight is 647 g/mol. The second-order valence-corrected chi connectivity index (χ2v) is 13.7. The highest BCUT2D eigenvalue weighted by atomic mass is 15.2. The molecule has 2 aliphatic heterocycles. The maximum Gasteiger partial charge on any atom is 0.248 e. The van der Waals surface area contributed by atoms with Crippen LogP contribution in [0.2, 0.25) is 0 Å². The third kappa shape index (κ3) is 4.19. The summed E-state index contributed by atoms with van der Waals surface area (Å²) in [4.78, 5) is 2.53. The summed E-state index contributed by atoms with van der Waals surface area (Å²) in [5, 5.41) is 2.54. The minimum absolute atomic E-state index is 0.145. The summed E-state index contributed by atoms with van der Waals surface area (Å²) in [6.07, 6.45) is 0. The molecule has 0 N–H and O–H groups in total. The molecule has 51 heavy (non-hydrogen) atoms. The molecular formula is C48H31BN2. The van der Waals surface area contributed by atoms with E-state index in [0.717, 1.165) is 5.69 Å². The maximum absolute atomic E-state index is 2.53. The molecule has 0 fully saturated rings. The highest BCUT2D eigenvalue weighted by Crippen LogP contribution is 2.44. The zero-order chi connectivity index (χ0) is 33.5. The Hall–Kier alpha value is -6.58. The molecular weight excluding hydrogens is 615 g/mol. The summed E-state index contributed by atoms with van der Waals surface area (Å²) < 4.78 is 2.46. The first kappa shape index (κ1) is 28.3. The van der Waals surface area contributed by atoms with Gasteiger partial charge in [0, 0.05) is 33.5 Å². The molecule has 9 aromatic rings. The van der Waals surface area contributed by atoms with Gasteiger partial charge < -0.3 is 9.47 Å². The van der Waals surface area contributed by atoms with Gasteiger partial charge in [0.05, 0.1) is 11.0 Å². The Labute approximate surface area is 297 Å². The minimum atomic E-state index is 0.145. The van der Waals surface area contributed by atoms with E-state index in [-0.39, 0.29) is 6.71 Å². The molecule has 2 nitrogen and oxygen atoms in total. The van der Waals surface area contributed by atoms with Crippen molar-refractivity contribution >= 4 is 62.0 Å². The van der Waals surface area contributed by atoms with E-state index >= 15 is 0 Å². The predicted octanol–water partition coefficient (Wildman–Crippen LogP) is 10.4. The lowest BCUT2D eigenvalue weighted by molar-refractivity contribution is 1.17. The van der Waals surface area contributed by atoms with Crippen LogP contribution in [0.3, 0.4) is 0 Å². The normalized spacial score (nSPS) is 12.6. The molecule has 236 valence electrons. The first-order chi connectivity index (χ1) is 25.3. The van der Waals surface area contributed by atoms with E-state index in [1.54, 1.807) is 0 Å². The lowest BCUT2D eigenvalue weighted by atomic mass is 9.37. The van der Waals surface area contributed by atoms with E-state index < -0.39 is 0 Å². The van der Waals surface area contributed by atoms with Crippen molar-refractivity contribution in [3.8, 4) is 39.1 Å². The maximum atomic E-state index is 2.53. The van der Waals surface area contributed by atoms with E-state index in [1.807, 2.05) is 0 Å². The van der Waals surface area contributed by atoms with Gasteiger partial charge in [0.15, 0.2) is 0 Å². The summed E-state index contributed by atoms with van der Waals surface area (Å²) in [5.41, 5.74) is 18.8. The van der Waals surface area contributed by atoms with Crippen LogP contribution < -0.4 is 21.3 Å². The van der Waals surface area contributed by atoms with E-state index in [1.165, 1.54) is 88.6 Å². The second-order valence-electron chi connectivity index (χ2n) is 13.7. The molecule has 0 aliphatic carbocycles. The Morgan fingerprint density at radius 3 is 1.69 bits per heavy atom. The van der Waals surface area contributed by atoms with Crippen molar-refractivity contribution in [2.45, 2.75) is 0 Å². The largest absolute Gasteiger partial charge is 0.311 e. The fourth-order valence-corrected chi connectivity index (χ4v) is 8.79. The minimum Gasteiger partial charge on any atom is -0.311 e. The number of nitrogens with zero attached hydrogens (tertiary/aromatic N) is 2. The molecule has 8 aromatic carbocycles. The van der Waals surface area contributed by atoms with Crippen molar-refractivity contribution in [1.29, 1.82) is 0 Å². The van der Waals surface area contributed by atoms with Crippen LogP contribution in [0.4, 0.5) is 17.1 Å². The third-order valence-electron chi connectivity index (χ3n) is 11.0. The zero-order valence-electron chi connectivity index (χ0n) is 27.9. The number of para-hydroxylation sites is 2. The Morgan fingerprint density at radius 2 is 0.961 bits per heavy atom. The first-order valence-electron chi connectivity index (χ1n) is 17.7. The van der Waals surface area contributed by atoms with Crippen molar-refractivity contribution < 1.29 is 0 Å².